The van der Waals surface area contributed by atoms with Crippen LogP contribution in [0.3, 0.4) is 0 Å². The van der Waals surface area contributed by atoms with Gasteiger partial charge in [0, 0.05) is 39.8 Å². The highest BCUT2D eigenvalue weighted by atomic mass is 32.1. The SMILES string of the molecule is CCCCOC(CC)c1cccc(-c2csc(NC(=O)c3cc(F)c(/C=C(\C)C(=O)O)c(F)c3)n2)c1F. The quantitative estimate of drug-likeness (QED) is 0.201. The number of carboxylic acid groups (broad SMARTS) is 1. The zero-order chi connectivity index (χ0) is 27.1. The third-order valence-corrected chi connectivity index (χ3v) is 6.36. The molecule has 6 nitrogen and oxygen atoms in total. The predicted octanol–water partition coefficient (Wildman–Crippen LogP) is 7.24. The maximum atomic E-state index is 15.4. The lowest BCUT2D eigenvalue weighted by Gasteiger charge is -2.18. The third-order valence-electron chi connectivity index (χ3n) is 5.60. The van der Waals surface area contributed by atoms with Gasteiger partial charge in [0.05, 0.1) is 11.8 Å². The number of aliphatic carboxylic acids is 1. The van der Waals surface area contributed by atoms with Gasteiger partial charge in [-0.15, -0.1) is 11.3 Å². The van der Waals surface area contributed by atoms with E-state index in [1.807, 2.05) is 13.8 Å². The first-order chi connectivity index (χ1) is 17.7. The molecule has 2 aromatic carbocycles. The van der Waals surface area contributed by atoms with E-state index in [1.54, 1.807) is 23.6 Å². The first kappa shape index (κ1) is 28.1. The molecular weight excluding hydrogens is 505 g/mol. The molecule has 0 fully saturated rings. The lowest BCUT2D eigenvalue weighted by molar-refractivity contribution is -0.132. The summed E-state index contributed by atoms with van der Waals surface area (Å²) in [4.78, 5) is 27.8. The normalized spacial score (nSPS) is 12.4. The van der Waals surface area contributed by atoms with Crippen LogP contribution in [0, 0.1) is 17.5 Å². The van der Waals surface area contributed by atoms with Crippen LogP contribution in [0.5, 0.6) is 0 Å². The second-order valence-electron chi connectivity index (χ2n) is 8.31. The molecule has 0 aliphatic carbocycles. The van der Waals surface area contributed by atoms with Crippen LogP contribution in [0.25, 0.3) is 17.3 Å². The zero-order valence-corrected chi connectivity index (χ0v) is 21.4. The van der Waals surface area contributed by atoms with Gasteiger partial charge in [-0.05, 0) is 44.0 Å². The van der Waals surface area contributed by atoms with Gasteiger partial charge in [0.25, 0.3) is 5.91 Å². The molecule has 0 radical (unpaired) electrons. The molecule has 1 aromatic heterocycles. The Bertz CT molecular complexity index is 1300. The fourth-order valence-electron chi connectivity index (χ4n) is 3.55. The summed E-state index contributed by atoms with van der Waals surface area (Å²) in [6, 6.07) is 6.58. The van der Waals surface area contributed by atoms with Gasteiger partial charge in [-0.2, -0.15) is 0 Å². The maximum absolute atomic E-state index is 15.4. The number of carbonyl (C=O) groups is 2. The number of halogens is 3. The first-order valence-electron chi connectivity index (χ1n) is 11.7. The number of benzene rings is 2. The van der Waals surface area contributed by atoms with Gasteiger partial charge in [-0.1, -0.05) is 32.4 Å². The van der Waals surface area contributed by atoms with E-state index in [2.05, 4.69) is 10.3 Å². The number of carboxylic acids is 1. The summed E-state index contributed by atoms with van der Waals surface area (Å²) in [6.07, 6.45) is 2.90. The highest BCUT2D eigenvalue weighted by Gasteiger charge is 2.20. The smallest absolute Gasteiger partial charge is 0.331 e. The largest absolute Gasteiger partial charge is 0.478 e. The zero-order valence-electron chi connectivity index (χ0n) is 20.6. The molecule has 2 N–H and O–H groups in total. The Morgan fingerprint density at radius 1 is 1.19 bits per heavy atom. The molecule has 0 saturated carbocycles. The van der Waals surface area contributed by atoms with E-state index in [4.69, 9.17) is 9.84 Å². The standard InChI is InChI=1S/C27H27F3N2O4S/c1-4-6-10-36-23(5-2)18-9-7-8-17(24(18)30)22-14-37-27(31-22)32-25(33)16-12-20(28)19(21(29)13-16)11-15(3)26(34)35/h7-9,11-14,23H,4-6,10H2,1-3H3,(H,34,35)(H,31,32,33)/b15-11+. The molecule has 0 saturated heterocycles. The average Bonchev–Trinajstić information content (AvgIpc) is 3.32. The van der Waals surface area contributed by atoms with Crippen molar-refractivity contribution in [1.29, 1.82) is 0 Å². The first-order valence-corrected chi connectivity index (χ1v) is 12.6. The molecule has 10 heteroatoms. The highest BCUT2D eigenvalue weighted by Crippen LogP contribution is 2.33. The summed E-state index contributed by atoms with van der Waals surface area (Å²) >= 11 is 1.03. The summed E-state index contributed by atoms with van der Waals surface area (Å²) in [6.45, 7) is 5.69. The average molecular weight is 533 g/mol. The monoisotopic (exact) mass is 532 g/mol. The second-order valence-corrected chi connectivity index (χ2v) is 9.17. The van der Waals surface area contributed by atoms with Crippen LogP contribution < -0.4 is 5.32 Å². The topological polar surface area (TPSA) is 88.5 Å². The molecule has 0 bridgehead atoms. The van der Waals surface area contributed by atoms with Crippen molar-refractivity contribution in [2.75, 3.05) is 11.9 Å². The number of nitrogens with one attached hydrogen (secondary N) is 1. The molecule has 1 heterocycles. The van der Waals surface area contributed by atoms with Crippen molar-refractivity contribution in [3.8, 4) is 11.3 Å². The van der Waals surface area contributed by atoms with Crippen LogP contribution in [0.4, 0.5) is 18.3 Å². The maximum Gasteiger partial charge on any atom is 0.331 e. The van der Waals surface area contributed by atoms with Crippen molar-refractivity contribution in [3.63, 3.8) is 0 Å². The van der Waals surface area contributed by atoms with Crippen molar-refractivity contribution in [2.24, 2.45) is 0 Å². The Morgan fingerprint density at radius 2 is 1.89 bits per heavy atom. The Kier molecular flexibility index (Phi) is 9.60. The van der Waals surface area contributed by atoms with E-state index < -0.39 is 41.0 Å². The van der Waals surface area contributed by atoms with Crippen LogP contribution in [0.1, 0.15) is 67.6 Å². The van der Waals surface area contributed by atoms with Crippen molar-refractivity contribution >= 4 is 34.4 Å². The summed E-state index contributed by atoms with van der Waals surface area (Å²) in [5.41, 5.74) is -0.182. The Labute approximate surface area is 216 Å². The number of anilines is 1. The van der Waals surface area contributed by atoms with Crippen LogP contribution in [-0.4, -0.2) is 28.6 Å². The highest BCUT2D eigenvalue weighted by molar-refractivity contribution is 7.14. The van der Waals surface area contributed by atoms with E-state index in [9.17, 15) is 18.4 Å². The number of ether oxygens (including phenoxy) is 1. The second kappa shape index (κ2) is 12.6. The van der Waals surface area contributed by atoms with Crippen LogP contribution in [0.15, 0.2) is 41.3 Å². The summed E-state index contributed by atoms with van der Waals surface area (Å²) in [5.74, 6) is -4.78. The van der Waals surface area contributed by atoms with Crippen LogP contribution >= 0.6 is 11.3 Å². The van der Waals surface area contributed by atoms with Crippen molar-refractivity contribution in [1.82, 2.24) is 4.98 Å². The van der Waals surface area contributed by atoms with Gasteiger partial charge in [-0.3, -0.25) is 10.1 Å². The Hall–Kier alpha value is -3.50. The van der Waals surface area contributed by atoms with E-state index in [0.717, 1.165) is 42.4 Å². The molecule has 0 aliphatic heterocycles. The number of aromatic nitrogens is 1. The summed E-state index contributed by atoms with van der Waals surface area (Å²) in [7, 11) is 0. The minimum Gasteiger partial charge on any atom is -0.478 e. The number of unbranched alkanes of at least 4 members (excludes halogenated alkanes) is 1. The third kappa shape index (κ3) is 6.84. The van der Waals surface area contributed by atoms with Crippen LogP contribution in [0.2, 0.25) is 0 Å². The van der Waals surface area contributed by atoms with E-state index in [-0.39, 0.29) is 21.8 Å². The van der Waals surface area contributed by atoms with E-state index in [1.165, 1.54) is 6.92 Å². The molecular formula is C27H27F3N2O4S. The van der Waals surface area contributed by atoms with Gasteiger partial charge >= 0.3 is 5.97 Å². The van der Waals surface area contributed by atoms with E-state index >= 15 is 4.39 Å². The van der Waals surface area contributed by atoms with Gasteiger partial charge in [-0.25, -0.2) is 22.9 Å². The van der Waals surface area contributed by atoms with Crippen molar-refractivity contribution in [3.05, 3.63) is 75.4 Å². The van der Waals surface area contributed by atoms with Gasteiger partial charge in [0.15, 0.2) is 5.13 Å². The molecule has 196 valence electrons. The number of carbonyl (C=O) groups excluding carboxylic acids is 1. The number of hydrogen-bond donors (Lipinski definition) is 2. The molecule has 3 rings (SSSR count). The molecule has 1 amide bonds. The van der Waals surface area contributed by atoms with Gasteiger partial charge in [0.2, 0.25) is 0 Å². The Balaban J connectivity index is 1.80. The molecule has 0 aliphatic rings. The minimum absolute atomic E-state index is 0.113. The van der Waals surface area contributed by atoms with Crippen molar-refractivity contribution in [2.45, 2.75) is 46.1 Å². The van der Waals surface area contributed by atoms with Crippen molar-refractivity contribution < 1.29 is 32.6 Å². The van der Waals surface area contributed by atoms with Gasteiger partial charge in [0.1, 0.15) is 17.5 Å². The molecule has 0 spiro atoms. The fourth-order valence-corrected chi connectivity index (χ4v) is 4.26. The van der Waals surface area contributed by atoms with Gasteiger partial charge < -0.3 is 9.84 Å². The van der Waals surface area contributed by atoms with E-state index in [0.29, 0.717) is 24.3 Å². The summed E-state index contributed by atoms with van der Waals surface area (Å²) < 4.78 is 50.1. The molecule has 1 atom stereocenters. The Morgan fingerprint density at radius 3 is 2.51 bits per heavy atom. The molecule has 3 aromatic rings. The predicted molar refractivity (Wildman–Crippen MR) is 137 cm³/mol. The fraction of sp³-hybridized carbons (Fsp3) is 0.296. The minimum atomic E-state index is -1.32. The lowest BCUT2D eigenvalue weighted by atomic mass is 10.0. The number of amides is 1. The number of thiazole rings is 1. The number of rotatable bonds is 11. The summed E-state index contributed by atoms with van der Waals surface area (Å²) in [5, 5.41) is 13.1. The number of hydrogen-bond acceptors (Lipinski definition) is 5. The lowest BCUT2D eigenvalue weighted by Crippen LogP contribution is -2.13. The molecule has 1 unspecified atom stereocenters. The van der Waals surface area contributed by atoms with Crippen LogP contribution in [-0.2, 0) is 9.53 Å². The number of nitrogens with zero attached hydrogens (tertiary/aromatic N) is 1. The molecule has 37 heavy (non-hydrogen) atoms.